The largest absolute Gasteiger partial charge is 0.477 e. The Morgan fingerprint density at radius 3 is 1.53 bits per heavy atom. The van der Waals surface area contributed by atoms with Gasteiger partial charge in [-0.1, -0.05) is 122 Å². The smallest absolute Gasteiger partial charge is 0.362 e. The highest BCUT2D eigenvalue weighted by Gasteiger charge is 2.31. The Morgan fingerprint density at radius 1 is 0.617 bits per heavy atom. The van der Waals surface area contributed by atoms with Gasteiger partial charge in [-0.2, -0.15) is 0 Å². The molecular formula is C39H74NO7+. The van der Waals surface area contributed by atoms with Crippen molar-refractivity contribution >= 4 is 17.9 Å². The summed E-state index contributed by atoms with van der Waals surface area (Å²) in [5.74, 6) is -1.48. The summed E-state index contributed by atoms with van der Waals surface area (Å²) in [6.45, 7) is 4.69. The monoisotopic (exact) mass is 669 g/mol. The minimum atomic E-state index is -0.876. The van der Waals surface area contributed by atoms with Gasteiger partial charge in [-0.05, 0) is 38.5 Å². The van der Waals surface area contributed by atoms with E-state index >= 15 is 0 Å². The van der Waals surface area contributed by atoms with Gasteiger partial charge in [0.2, 0.25) is 0 Å². The second-order valence-electron chi connectivity index (χ2n) is 14.2. The highest BCUT2D eigenvalue weighted by molar-refractivity contribution is 5.72. The Hall–Kier alpha value is -1.93. The van der Waals surface area contributed by atoms with Crippen LogP contribution in [0, 0.1) is 0 Å². The molecule has 0 radical (unpaired) electrons. The fourth-order valence-electron chi connectivity index (χ4n) is 5.61. The summed E-state index contributed by atoms with van der Waals surface area (Å²) < 4.78 is 17.2. The van der Waals surface area contributed by atoms with Crippen molar-refractivity contribution in [1.82, 2.24) is 0 Å². The molecule has 8 heteroatoms. The van der Waals surface area contributed by atoms with Crippen LogP contribution in [0.3, 0.4) is 0 Å². The first-order chi connectivity index (χ1) is 22.6. The molecule has 0 amide bonds. The van der Waals surface area contributed by atoms with Crippen molar-refractivity contribution in [1.29, 1.82) is 0 Å². The van der Waals surface area contributed by atoms with E-state index in [4.69, 9.17) is 14.2 Å². The van der Waals surface area contributed by atoms with Gasteiger partial charge in [0.1, 0.15) is 6.61 Å². The minimum Gasteiger partial charge on any atom is -0.477 e. The Morgan fingerprint density at radius 2 is 1.06 bits per heavy atom. The van der Waals surface area contributed by atoms with E-state index < -0.39 is 18.1 Å². The van der Waals surface area contributed by atoms with Crippen molar-refractivity contribution in [2.75, 3.05) is 41.0 Å². The van der Waals surface area contributed by atoms with E-state index in [0.29, 0.717) is 19.3 Å². The van der Waals surface area contributed by atoms with E-state index in [9.17, 15) is 19.5 Å². The number of likely N-dealkylation sites (N-methyl/N-ethyl adjacent to an activating group) is 1. The van der Waals surface area contributed by atoms with E-state index in [0.717, 1.165) is 51.4 Å². The Bertz CT molecular complexity index is 793. The molecule has 0 aromatic carbocycles. The number of carboxylic acid groups (broad SMARTS) is 1. The van der Waals surface area contributed by atoms with Gasteiger partial charge in [0.05, 0.1) is 34.4 Å². The number of aliphatic carboxylic acids is 1. The first kappa shape index (κ1) is 45.1. The molecule has 0 heterocycles. The van der Waals surface area contributed by atoms with Crippen molar-refractivity contribution in [3.8, 4) is 0 Å². The zero-order valence-corrected chi connectivity index (χ0v) is 31.2. The summed E-state index contributed by atoms with van der Waals surface area (Å²) in [6, 6.07) is -0.610. The second kappa shape index (κ2) is 31.3. The molecule has 0 aromatic rings. The minimum absolute atomic E-state index is 0.0497. The van der Waals surface area contributed by atoms with Crippen molar-refractivity contribution < 1.29 is 38.2 Å². The van der Waals surface area contributed by atoms with Crippen molar-refractivity contribution in [3.05, 3.63) is 12.2 Å². The number of esters is 2. The number of nitrogens with zero attached hydrogens (tertiary/aromatic N) is 1. The molecule has 0 saturated carbocycles. The zero-order chi connectivity index (χ0) is 35.0. The normalized spacial score (nSPS) is 13.1. The molecule has 0 aliphatic rings. The third kappa shape index (κ3) is 29.9. The SMILES string of the molecule is CCCCCCC/C=C\CCCCCCCC(=O)OC(COCCC(C(=O)O)[N+](C)(C)C)COC(=O)CCCCCCCCCCC. The topological polar surface area (TPSA) is 99.1 Å². The number of hydrogen-bond acceptors (Lipinski definition) is 6. The molecule has 0 aromatic heterocycles. The Labute approximate surface area is 289 Å². The molecule has 8 nitrogen and oxygen atoms in total. The lowest BCUT2D eigenvalue weighted by Crippen LogP contribution is -2.50. The molecule has 0 rings (SSSR count). The number of rotatable bonds is 34. The quantitative estimate of drug-likeness (QED) is 0.0315. The van der Waals surface area contributed by atoms with Crippen LogP contribution in [0.25, 0.3) is 0 Å². The number of allylic oxidation sites excluding steroid dienone is 2. The average Bonchev–Trinajstić information content (AvgIpc) is 3.01. The maximum absolute atomic E-state index is 12.6. The summed E-state index contributed by atoms with van der Waals surface area (Å²) in [4.78, 5) is 36.7. The number of carboxylic acids is 1. The maximum atomic E-state index is 12.6. The summed E-state index contributed by atoms with van der Waals surface area (Å²) >= 11 is 0. The third-order valence-corrected chi connectivity index (χ3v) is 8.66. The van der Waals surface area contributed by atoms with Gasteiger partial charge >= 0.3 is 17.9 Å². The molecule has 276 valence electrons. The highest BCUT2D eigenvalue weighted by atomic mass is 16.6. The van der Waals surface area contributed by atoms with Gasteiger partial charge in [0, 0.05) is 19.3 Å². The van der Waals surface area contributed by atoms with Crippen molar-refractivity contribution in [2.45, 2.75) is 180 Å². The summed E-state index contributed by atoms with van der Waals surface area (Å²) in [6.07, 6.45) is 29.6. The molecular weight excluding hydrogens is 594 g/mol. The number of ether oxygens (including phenoxy) is 3. The van der Waals surface area contributed by atoms with Crippen molar-refractivity contribution in [3.63, 3.8) is 0 Å². The fourth-order valence-corrected chi connectivity index (χ4v) is 5.61. The third-order valence-electron chi connectivity index (χ3n) is 8.66. The van der Waals surface area contributed by atoms with Crippen LogP contribution < -0.4 is 0 Å². The first-order valence-electron chi connectivity index (χ1n) is 19.2. The Balaban J connectivity index is 4.41. The number of hydrogen-bond donors (Lipinski definition) is 1. The Kier molecular flexibility index (Phi) is 30.1. The van der Waals surface area contributed by atoms with Crippen LogP contribution in [0.5, 0.6) is 0 Å². The van der Waals surface area contributed by atoms with Gasteiger partial charge in [-0.3, -0.25) is 9.59 Å². The van der Waals surface area contributed by atoms with Gasteiger partial charge in [-0.15, -0.1) is 0 Å². The highest BCUT2D eigenvalue weighted by Crippen LogP contribution is 2.13. The summed E-state index contributed by atoms with van der Waals surface area (Å²) in [7, 11) is 5.51. The van der Waals surface area contributed by atoms with Crippen LogP contribution in [-0.2, 0) is 28.6 Å². The van der Waals surface area contributed by atoms with Crippen LogP contribution in [-0.4, -0.2) is 80.6 Å². The van der Waals surface area contributed by atoms with Crippen LogP contribution >= 0.6 is 0 Å². The lowest BCUT2D eigenvalue weighted by Gasteiger charge is -2.31. The second-order valence-corrected chi connectivity index (χ2v) is 14.2. The number of quaternary nitrogens is 1. The lowest BCUT2D eigenvalue weighted by atomic mass is 10.1. The standard InChI is InChI=1S/C39H73NO7/c1-6-8-10-12-14-16-17-18-19-20-22-24-26-28-30-38(42)47-35(33-45-32-31-36(39(43)44)40(3,4)5)34-46-37(41)29-27-25-23-21-15-13-11-9-7-2/h17-18,35-36H,6-16,19-34H2,1-5H3/p+1/b18-17-. The molecule has 0 aliphatic carbocycles. The predicted molar refractivity (Wildman–Crippen MR) is 192 cm³/mol. The molecule has 0 bridgehead atoms. The number of unbranched alkanes of at least 4 members (excludes halogenated alkanes) is 18. The molecule has 0 saturated heterocycles. The van der Waals surface area contributed by atoms with Crippen LogP contribution in [0.1, 0.15) is 168 Å². The molecule has 0 fully saturated rings. The van der Waals surface area contributed by atoms with E-state index in [-0.39, 0.29) is 36.2 Å². The fraction of sp³-hybridized carbons (Fsp3) is 0.872. The number of carbonyl (C=O) groups excluding carboxylic acids is 2. The van der Waals surface area contributed by atoms with Crippen LogP contribution in [0.2, 0.25) is 0 Å². The molecule has 47 heavy (non-hydrogen) atoms. The summed E-state index contributed by atoms with van der Waals surface area (Å²) in [5.41, 5.74) is 0. The first-order valence-corrected chi connectivity index (χ1v) is 19.2. The van der Waals surface area contributed by atoms with Crippen LogP contribution in [0.15, 0.2) is 12.2 Å². The average molecular weight is 669 g/mol. The molecule has 0 spiro atoms. The van der Waals surface area contributed by atoms with Gasteiger partial charge in [0.15, 0.2) is 12.1 Å². The maximum Gasteiger partial charge on any atom is 0.362 e. The summed E-state index contributed by atoms with van der Waals surface area (Å²) in [5, 5.41) is 9.57. The van der Waals surface area contributed by atoms with E-state index in [2.05, 4.69) is 26.0 Å². The van der Waals surface area contributed by atoms with E-state index in [1.54, 1.807) is 0 Å². The van der Waals surface area contributed by atoms with Gasteiger partial charge < -0.3 is 23.8 Å². The van der Waals surface area contributed by atoms with Gasteiger partial charge in [0.25, 0.3) is 0 Å². The van der Waals surface area contributed by atoms with Crippen LogP contribution in [0.4, 0.5) is 0 Å². The predicted octanol–water partition coefficient (Wildman–Crippen LogP) is 9.58. The van der Waals surface area contributed by atoms with Crippen molar-refractivity contribution in [2.24, 2.45) is 0 Å². The molecule has 1 N–H and O–H groups in total. The van der Waals surface area contributed by atoms with E-state index in [1.807, 2.05) is 21.1 Å². The van der Waals surface area contributed by atoms with Gasteiger partial charge in [-0.25, -0.2) is 4.79 Å². The molecule has 0 aliphatic heterocycles. The molecule has 2 unspecified atom stereocenters. The number of carbonyl (C=O) groups is 3. The molecule has 2 atom stereocenters. The van der Waals surface area contributed by atoms with E-state index in [1.165, 1.54) is 83.5 Å². The lowest BCUT2D eigenvalue weighted by molar-refractivity contribution is -0.887. The zero-order valence-electron chi connectivity index (χ0n) is 31.2.